The highest BCUT2D eigenvalue weighted by molar-refractivity contribution is 6.32. The Balaban J connectivity index is 2.23. The van der Waals surface area contributed by atoms with Gasteiger partial charge in [-0.3, -0.25) is 0 Å². The van der Waals surface area contributed by atoms with E-state index in [0.717, 1.165) is 6.54 Å². The molecule has 0 aliphatic carbocycles. The molecule has 100 valence electrons. The summed E-state index contributed by atoms with van der Waals surface area (Å²) >= 11 is 5.94. The zero-order valence-electron chi connectivity index (χ0n) is 10.8. The first kappa shape index (κ1) is 15.0. The molecular formula is C14H20ClNO2. The normalized spacial score (nSPS) is 12.0. The monoisotopic (exact) mass is 269 g/mol. The van der Waals surface area contributed by atoms with Crippen LogP contribution in [0.2, 0.25) is 5.02 Å². The van der Waals surface area contributed by atoms with Crippen molar-refractivity contribution in [3.63, 3.8) is 0 Å². The summed E-state index contributed by atoms with van der Waals surface area (Å²) < 4.78 is 5.44. The Bertz CT molecular complexity index is 389. The van der Waals surface area contributed by atoms with Crippen LogP contribution in [0.4, 0.5) is 0 Å². The van der Waals surface area contributed by atoms with Gasteiger partial charge < -0.3 is 15.2 Å². The molecule has 1 aromatic carbocycles. The largest absolute Gasteiger partial charge is 0.489 e. The number of benzene rings is 1. The molecule has 1 aromatic rings. The maximum Gasteiger partial charge on any atom is 0.138 e. The van der Waals surface area contributed by atoms with Gasteiger partial charge in [0.1, 0.15) is 18.5 Å². The Morgan fingerprint density at radius 2 is 2.17 bits per heavy atom. The second-order valence-corrected chi connectivity index (χ2v) is 4.74. The number of hydrogen-bond donors (Lipinski definition) is 2. The molecule has 2 N–H and O–H groups in total. The molecule has 1 atom stereocenters. The van der Waals surface area contributed by atoms with Crippen molar-refractivity contribution >= 4 is 11.6 Å². The van der Waals surface area contributed by atoms with Crippen LogP contribution in [0, 0.1) is 0 Å². The van der Waals surface area contributed by atoms with Crippen LogP contribution in [0.15, 0.2) is 35.9 Å². The predicted molar refractivity (Wildman–Crippen MR) is 75.3 cm³/mol. The molecule has 0 amide bonds. The van der Waals surface area contributed by atoms with E-state index < -0.39 is 6.10 Å². The highest BCUT2D eigenvalue weighted by Gasteiger charge is 2.06. The van der Waals surface area contributed by atoms with Gasteiger partial charge in [0.2, 0.25) is 0 Å². The van der Waals surface area contributed by atoms with Crippen molar-refractivity contribution in [3.05, 3.63) is 40.9 Å². The molecule has 0 aliphatic rings. The minimum absolute atomic E-state index is 0.228. The van der Waals surface area contributed by atoms with Gasteiger partial charge in [-0.15, -0.1) is 0 Å². The molecule has 0 spiro atoms. The summed E-state index contributed by atoms with van der Waals surface area (Å²) in [6.45, 7) is 5.56. The lowest BCUT2D eigenvalue weighted by molar-refractivity contribution is 0.107. The molecule has 0 heterocycles. The van der Waals surface area contributed by atoms with Gasteiger partial charge >= 0.3 is 0 Å². The van der Waals surface area contributed by atoms with E-state index in [1.165, 1.54) is 5.57 Å². The molecule has 0 saturated carbocycles. The summed E-state index contributed by atoms with van der Waals surface area (Å²) in [6, 6.07) is 7.23. The third-order valence-corrected chi connectivity index (χ3v) is 2.61. The number of ether oxygens (including phenoxy) is 1. The van der Waals surface area contributed by atoms with Gasteiger partial charge in [-0.05, 0) is 26.0 Å². The first-order valence-electron chi connectivity index (χ1n) is 5.99. The molecule has 0 radical (unpaired) electrons. The Labute approximate surface area is 113 Å². The zero-order valence-corrected chi connectivity index (χ0v) is 11.6. The number of allylic oxidation sites excluding steroid dienone is 1. The van der Waals surface area contributed by atoms with E-state index in [1.54, 1.807) is 12.1 Å². The minimum atomic E-state index is -0.549. The third-order valence-electron chi connectivity index (χ3n) is 2.30. The maximum atomic E-state index is 9.72. The Morgan fingerprint density at radius 1 is 1.44 bits per heavy atom. The van der Waals surface area contributed by atoms with E-state index in [2.05, 4.69) is 11.4 Å². The van der Waals surface area contributed by atoms with Crippen molar-refractivity contribution in [2.24, 2.45) is 0 Å². The summed E-state index contributed by atoms with van der Waals surface area (Å²) in [7, 11) is 0. The number of aliphatic hydroxyl groups is 1. The van der Waals surface area contributed by atoms with Crippen LogP contribution in [-0.4, -0.2) is 30.9 Å². The van der Waals surface area contributed by atoms with E-state index in [0.29, 0.717) is 17.3 Å². The van der Waals surface area contributed by atoms with E-state index in [4.69, 9.17) is 16.3 Å². The van der Waals surface area contributed by atoms with Gasteiger partial charge in [-0.25, -0.2) is 0 Å². The van der Waals surface area contributed by atoms with E-state index in [1.807, 2.05) is 26.0 Å². The van der Waals surface area contributed by atoms with Gasteiger partial charge in [0.25, 0.3) is 0 Å². The summed E-state index contributed by atoms with van der Waals surface area (Å²) in [6.07, 6.45) is 1.52. The molecule has 0 fully saturated rings. The van der Waals surface area contributed by atoms with Gasteiger partial charge in [0, 0.05) is 13.1 Å². The first-order chi connectivity index (χ1) is 8.59. The molecule has 0 bridgehead atoms. The fourth-order valence-corrected chi connectivity index (χ4v) is 1.52. The van der Waals surface area contributed by atoms with Crippen LogP contribution in [0.3, 0.4) is 0 Å². The molecule has 0 saturated heterocycles. The van der Waals surface area contributed by atoms with Crippen molar-refractivity contribution in [2.45, 2.75) is 20.0 Å². The average molecular weight is 270 g/mol. The molecule has 1 rings (SSSR count). The zero-order chi connectivity index (χ0) is 13.4. The smallest absolute Gasteiger partial charge is 0.138 e. The summed E-state index contributed by atoms with van der Waals surface area (Å²) in [4.78, 5) is 0. The lowest BCUT2D eigenvalue weighted by atomic mass is 10.3. The Kier molecular flexibility index (Phi) is 6.80. The Morgan fingerprint density at radius 3 is 2.83 bits per heavy atom. The number of rotatable bonds is 7. The van der Waals surface area contributed by atoms with Crippen LogP contribution < -0.4 is 10.1 Å². The van der Waals surface area contributed by atoms with Crippen LogP contribution in [-0.2, 0) is 0 Å². The van der Waals surface area contributed by atoms with E-state index in [-0.39, 0.29) is 6.61 Å². The van der Waals surface area contributed by atoms with Crippen molar-refractivity contribution < 1.29 is 9.84 Å². The topological polar surface area (TPSA) is 41.5 Å². The highest BCUT2D eigenvalue weighted by Crippen LogP contribution is 2.22. The summed E-state index contributed by atoms with van der Waals surface area (Å²) in [5.41, 5.74) is 1.25. The van der Waals surface area contributed by atoms with Crippen molar-refractivity contribution in [1.82, 2.24) is 5.32 Å². The lowest BCUT2D eigenvalue weighted by Crippen LogP contribution is -2.31. The average Bonchev–Trinajstić information content (AvgIpc) is 2.33. The number of para-hydroxylation sites is 1. The van der Waals surface area contributed by atoms with E-state index in [9.17, 15) is 5.11 Å². The van der Waals surface area contributed by atoms with Crippen LogP contribution in [0.25, 0.3) is 0 Å². The first-order valence-corrected chi connectivity index (χ1v) is 6.37. The molecule has 1 unspecified atom stereocenters. The predicted octanol–water partition coefficient (Wildman–Crippen LogP) is 2.64. The number of nitrogens with one attached hydrogen (secondary N) is 1. The fraction of sp³-hybridized carbons (Fsp3) is 0.429. The van der Waals surface area contributed by atoms with Crippen molar-refractivity contribution in [3.8, 4) is 5.75 Å². The second kappa shape index (κ2) is 8.14. The van der Waals surface area contributed by atoms with E-state index >= 15 is 0 Å². The molecule has 4 heteroatoms. The molecule has 0 aliphatic heterocycles. The lowest BCUT2D eigenvalue weighted by Gasteiger charge is -2.13. The fourth-order valence-electron chi connectivity index (χ4n) is 1.33. The SMILES string of the molecule is CC(C)=CCNCC(O)COc1ccccc1Cl. The van der Waals surface area contributed by atoms with Gasteiger partial charge in [0.05, 0.1) is 5.02 Å². The van der Waals surface area contributed by atoms with Crippen LogP contribution in [0.1, 0.15) is 13.8 Å². The minimum Gasteiger partial charge on any atom is -0.489 e. The summed E-state index contributed by atoms with van der Waals surface area (Å²) in [5, 5.41) is 13.4. The van der Waals surface area contributed by atoms with Crippen molar-refractivity contribution in [1.29, 1.82) is 0 Å². The molecule has 0 aromatic heterocycles. The van der Waals surface area contributed by atoms with Gasteiger partial charge in [0.15, 0.2) is 0 Å². The molecule has 18 heavy (non-hydrogen) atoms. The highest BCUT2D eigenvalue weighted by atomic mass is 35.5. The Hall–Kier alpha value is -1.03. The van der Waals surface area contributed by atoms with Gasteiger partial charge in [-0.1, -0.05) is 35.4 Å². The maximum absolute atomic E-state index is 9.72. The quantitative estimate of drug-likeness (QED) is 0.591. The van der Waals surface area contributed by atoms with Crippen molar-refractivity contribution in [2.75, 3.05) is 19.7 Å². The number of halogens is 1. The third kappa shape index (κ3) is 6.05. The van der Waals surface area contributed by atoms with Crippen LogP contribution >= 0.6 is 11.6 Å². The summed E-state index contributed by atoms with van der Waals surface area (Å²) in [5.74, 6) is 0.600. The number of hydrogen-bond acceptors (Lipinski definition) is 3. The number of aliphatic hydroxyl groups excluding tert-OH is 1. The second-order valence-electron chi connectivity index (χ2n) is 4.33. The van der Waals surface area contributed by atoms with Crippen LogP contribution in [0.5, 0.6) is 5.75 Å². The van der Waals surface area contributed by atoms with Gasteiger partial charge in [-0.2, -0.15) is 0 Å². The standard InChI is InChI=1S/C14H20ClNO2/c1-11(2)7-8-16-9-12(17)10-18-14-6-4-3-5-13(14)15/h3-7,12,16-17H,8-10H2,1-2H3. The molecular weight excluding hydrogens is 250 g/mol. The molecule has 3 nitrogen and oxygen atoms in total.